The normalized spacial score (nSPS) is 10.5. The SMILES string of the molecule is C=C(C)Nc1ccc(-c2ccnc(Nc3ccc(N(CCC)CCC)cc3)n2)cc1. The fourth-order valence-electron chi connectivity index (χ4n) is 3.34. The molecule has 1 heterocycles. The van der Waals surface area contributed by atoms with E-state index >= 15 is 0 Å². The van der Waals surface area contributed by atoms with E-state index in [0.29, 0.717) is 5.95 Å². The molecule has 0 saturated heterocycles. The summed E-state index contributed by atoms with van der Waals surface area (Å²) < 4.78 is 0. The molecule has 0 fully saturated rings. The van der Waals surface area contributed by atoms with Crippen LogP contribution in [0.25, 0.3) is 11.3 Å². The third-order valence-corrected chi connectivity index (χ3v) is 4.67. The van der Waals surface area contributed by atoms with Crippen molar-refractivity contribution in [3.05, 3.63) is 73.1 Å². The van der Waals surface area contributed by atoms with Crippen molar-refractivity contribution >= 4 is 23.0 Å². The first-order chi connectivity index (χ1) is 14.6. The number of nitrogens with one attached hydrogen (secondary N) is 2. The molecule has 2 N–H and O–H groups in total. The van der Waals surface area contributed by atoms with Gasteiger partial charge in [-0.1, -0.05) is 32.6 Å². The number of hydrogen-bond acceptors (Lipinski definition) is 5. The summed E-state index contributed by atoms with van der Waals surface area (Å²) in [5.74, 6) is 0.586. The van der Waals surface area contributed by atoms with Crippen LogP contribution in [0, 0.1) is 0 Å². The molecular formula is C25H31N5. The number of nitrogens with zero attached hydrogens (tertiary/aromatic N) is 3. The maximum atomic E-state index is 4.67. The third-order valence-electron chi connectivity index (χ3n) is 4.67. The van der Waals surface area contributed by atoms with Crippen LogP contribution in [0.2, 0.25) is 0 Å². The van der Waals surface area contributed by atoms with Crippen molar-refractivity contribution in [2.75, 3.05) is 28.6 Å². The molecule has 1 aromatic heterocycles. The smallest absolute Gasteiger partial charge is 0.227 e. The van der Waals surface area contributed by atoms with Crippen molar-refractivity contribution in [3.63, 3.8) is 0 Å². The van der Waals surface area contributed by atoms with E-state index in [-0.39, 0.29) is 0 Å². The molecule has 0 aliphatic rings. The molecular weight excluding hydrogens is 370 g/mol. The summed E-state index contributed by atoms with van der Waals surface area (Å²) in [5.41, 5.74) is 6.07. The summed E-state index contributed by atoms with van der Waals surface area (Å²) >= 11 is 0. The molecule has 5 heteroatoms. The maximum absolute atomic E-state index is 4.67. The minimum atomic E-state index is 0.586. The molecule has 3 aromatic rings. The van der Waals surface area contributed by atoms with Crippen molar-refractivity contribution in [1.82, 2.24) is 9.97 Å². The Kier molecular flexibility index (Phi) is 7.44. The van der Waals surface area contributed by atoms with E-state index in [1.54, 1.807) is 6.20 Å². The van der Waals surface area contributed by atoms with Gasteiger partial charge in [-0.3, -0.25) is 0 Å². The minimum absolute atomic E-state index is 0.586. The number of rotatable bonds is 10. The van der Waals surface area contributed by atoms with Crippen molar-refractivity contribution < 1.29 is 0 Å². The number of hydrogen-bond donors (Lipinski definition) is 2. The predicted octanol–water partition coefficient (Wildman–Crippen LogP) is 6.46. The van der Waals surface area contributed by atoms with Crippen LogP contribution in [0.4, 0.5) is 23.0 Å². The zero-order chi connectivity index (χ0) is 21.3. The van der Waals surface area contributed by atoms with Crippen molar-refractivity contribution in [1.29, 1.82) is 0 Å². The second kappa shape index (κ2) is 10.4. The average Bonchev–Trinajstić information content (AvgIpc) is 2.74. The molecule has 30 heavy (non-hydrogen) atoms. The summed E-state index contributed by atoms with van der Waals surface area (Å²) in [5, 5.41) is 6.53. The molecule has 0 radical (unpaired) electrons. The molecule has 156 valence electrons. The summed E-state index contributed by atoms with van der Waals surface area (Å²) in [6.45, 7) is 12.4. The quantitative estimate of drug-likeness (QED) is 0.408. The van der Waals surface area contributed by atoms with Crippen LogP contribution < -0.4 is 15.5 Å². The first kappa shape index (κ1) is 21.4. The highest BCUT2D eigenvalue weighted by Gasteiger charge is 2.06. The monoisotopic (exact) mass is 401 g/mol. The van der Waals surface area contributed by atoms with Gasteiger partial charge in [0.15, 0.2) is 0 Å². The van der Waals surface area contributed by atoms with Gasteiger partial charge in [0.05, 0.1) is 5.69 Å². The van der Waals surface area contributed by atoms with E-state index < -0.39 is 0 Å². The summed E-state index contributed by atoms with van der Waals surface area (Å²) in [7, 11) is 0. The van der Waals surface area contributed by atoms with Crippen LogP contribution in [0.3, 0.4) is 0 Å². The van der Waals surface area contributed by atoms with E-state index in [0.717, 1.165) is 54.3 Å². The number of allylic oxidation sites excluding steroid dienone is 1. The summed E-state index contributed by atoms with van der Waals surface area (Å²) in [4.78, 5) is 11.5. The highest BCUT2D eigenvalue weighted by molar-refractivity contribution is 5.65. The molecule has 0 spiro atoms. The average molecular weight is 402 g/mol. The zero-order valence-corrected chi connectivity index (χ0v) is 18.2. The van der Waals surface area contributed by atoms with Gasteiger partial charge in [0.25, 0.3) is 0 Å². The van der Waals surface area contributed by atoms with Crippen molar-refractivity contribution in [3.8, 4) is 11.3 Å². The third kappa shape index (κ3) is 5.83. The highest BCUT2D eigenvalue weighted by Crippen LogP contribution is 2.23. The second-order valence-corrected chi connectivity index (χ2v) is 7.41. The van der Waals surface area contributed by atoms with E-state index in [1.165, 1.54) is 5.69 Å². The lowest BCUT2D eigenvalue weighted by atomic mass is 10.1. The van der Waals surface area contributed by atoms with Gasteiger partial charge in [-0.05, 0) is 62.2 Å². The van der Waals surface area contributed by atoms with Crippen LogP contribution in [0.1, 0.15) is 33.6 Å². The molecule has 0 aliphatic carbocycles. The van der Waals surface area contributed by atoms with Crippen molar-refractivity contribution in [2.24, 2.45) is 0 Å². The number of anilines is 4. The first-order valence-corrected chi connectivity index (χ1v) is 10.6. The van der Waals surface area contributed by atoms with Gasteiger partial charge in [-0.15, -0.1) is 0 Å². The Morgan fingerprint density at radius 1 is 0.900 bits per heavy atom. The fraction of sp³-hybridized carbons (Fsp3) is 0.280. The largest absolute Gasteiger partial charge is 0.372 e. The molecule has 0 aliphatic heterocycles. The Balaban J connectivity index is 1.71. The van der Waals surface area contributed by atoms with Gasteiger partial charge in [0, 0.05) is 47.6 Å². The highest BCUT2D eigenvalue weighted by atomic mass is 15.1. The van der Waals surface area contributed by atoms with E-state index in [4.69, 9.17) is 0 Å². The Hall–Kier alpha value is -3.34. The Labute approximate surface area is 179 Å². The predicted molar refractivity (Wildman–Crippen MR) is 128 cm³/mol. The molecule has 0 amide bonds. The van der Waals surface area contributed by atoms with Gasteiger partial charge in [0.2, 0.25) is 5.95 Å². The molecule has 5 nitrogen and oxygen atoms in total. The van der Waals surface area contributed by atoms with Gasteiger partial charge in [-0.2, -0.15) is 0 Å². The molecule has 0 saturated carbocycles. The minimum Gasteiger partial charge on any atom is -0.372 e. The Morgan fingerprint density at radius 2 is 1.53 bits per heavy atom. The van der Waals surface area contributed by atoms with Crippen LogP contribution in [0.15, 0.2) is 73.1 Å². The summed E-state index contributed by atoms with van der Waals surface area (Å²) in [6.07, 6.45) is 4.07. The number of benzene rings is 2. The number of aromatic nitrogens is 2. The first-order valence-electron chi connectivity index (χ1n) is 10.6. The van der Waals surface area contributed by atoms with Crippen LogP contribution in [-0.4, -0.2) is 23.1 Å². The van der Waals surface area contributed by atoms with Crippen LogP contribution >= 0.6 is 0 Å². The van der Waals surface area contributed by atoms with Gasteiger partial charge < -0.3 is 15.5 Å². The Morgan fingerprint density at radius 3 is 2.13 bits per heavy atom. The fourth-order valence-corrected chi connectivity index (χ4v) is 3.34. The van der Waals surface area contributed by atoms with E-state index in [1.807, 2.05) is 37.3 Å². The molecule has 0 atom stereocenters. The van der Waals surface area contributed by atoms with Gasteiger partial charge >= 0.3 is 0 Å². The lowest BCUT2D eigenvalue weighted by Gasteiger charge is -2.24. The van der Waals surface area contributed by atoms with Gasteiger partial charge in [0.1, 0.15) is 0 Å². The lowest BCUT2D eigenvalue weighted by Crippen LogP contribution is -2.24. The van der Waals surface area contributed by atoms with Crippen LogP contribution in [-0.2, 0) is 0 Å². The topological polar surface area (TPSA) is 53.1 Å². The van der Waals surface area contributed by atoms with Crippen LogP contribution in [0.5, 0.6) is 0 Å². The second-order valence-electron chi connectivity index (χ2n) is 7.41. The summed E-state index contributed by atoms with van der Waals surface area (Å²) in [6, 6.07) is 18.5. The van der Waals surface area contributed by atoms with E-state index in [2.05, 4.69) is 70.2 Å². The molecule has 0 bridgehead atoms. The lowest BCUT2D eigenvalue weighted by molar-refractivity contribution is 0.745. The van der Waals surface area contributed by atoms with Crippen molar-refractivity contribution in [2.45, 2.75) is 33.6 Å². The molecule has 0 unspecified atom stereocenters. The zero-order valence-electron chi connectivity index (χ0n) is 18.2. The Bertz CT molecular complexity index is 942. The molecule has 3 rings (SSSR count). The van der Waals surface area contributed by atoms with E-state index in [9.17, 15) is 0 Å². The standard InChI is InChI=1S/C25H31N5/c1-5-17-30(18-6-2)23-13-11-22(12-14-23)28-25-26-16-15-24(29-25)20-7-9-21(10-8-20)27-19(3)4/h7-16,27H,3,5-6,17-18H2,1-2,4H3,(H,26,28,29). The van der Waals surface area contributed by atoms with Gasteiger partial charge in [-0.25, -0.2) is 9.97 Å². The molecule has 2 aromatic carbocycles. The maximum Gasteiger partial charge on any atom is 0.227 e.